The lowest BCUT2D eigenvalue weighted by atomic mass is 9.91. The van der Waals surface area contributed by atoms with Gasteiger partial charge in [-0.15, -0.1) is 0 Å². The number of nitrogens with zero attached hydrogens (tertiary/aromatic N) is 1. The van der Waals surface area contributed by atoms with Gasteiger partial charge in [0.2, 0.25) is 0 Å². The number of carbonyl (C=O) groups excluding carboxylic acids is 1. The van der Waals surface area contributed by atoms with E-state index in [-0.39, 0.29) is 16.6 Å². The number of aromatic carboxylic acids is 1. The first-order chi connectivity index (χ1) is 8.75. The van der Waals surface area contributed by atoms with Crippen LogP contribution in [0.3, 0.4) is 0 Å². The van der Waals surface area contributed by atoms with Crippen molar-refractivity contribution < 1.29 is 19.4 Å². The zero-order chi connectivity index (χ0) is 14.6. The molecule has 7 heteroatoms. The zero-order valence-electron chi connectivity index (χ0n) is 11.0. The van der Waals surface area contributed by atoms with Gasteiger partial charge >= 0.3 is 12.1 Å². The van der Waals surface area contributed by atoms with Gasteiger partial charge in [-0.05, 0) is 0 Å². The van der Waals surface area contributed by atoms with Crippen LogP contribution in [0, 0.1) is 0 Å². The van der Waals surface area contributed by atoms with Crippen molar-refractivity contribution in [3.8, 4) is 0 Å². The molecule has 0 aliphatic carbocycles. The largest absolute Gasteiger partial charge is 0.477 e. The van der Waals surface area contributed by atoms with E-state index in [9.17, 15) is 9.59 Å². The zero-order valence-corrected chi connectivity index (χ0v) is 11.8. The average molecular weight is 284 g/mol. The summed E-state index contributed by atoms with van der Waals surface area (Å²) in [6.07, 6.45) is 0.746. The van der Waals surface area contributed by atoms with Crippen LogP contribution in [-0.4, -0.2) is 28.8 Å². The topological polar surface area (TPSA) is 88.5 Å². The molecule has 0 atom stereocenters. The van der Waals surface area contributed by atoms with Crippen LogP contribution in [0.4, 0.5) is 9.93 Å². The second kappa shape index (κ2) is 5.83. The first kappa shape index (κ1) is 15.2. The fourth-order valence-corrected chi connectivity index (χ4v) is 2.29. The molecule has 2 N–H and O–H groups in total. The smallest absolute Gasteiger partial charge is 0.413 e. The molecule has 104 valence electrons. The highest BCUT2D eigenvalue weighted by Gasteiger charge is 2.27. The molecule has 0 aliphatic rings. The van der Waals surface area contributed by atoms with Crippen LogP contribution in [-0.2, 0) is 10.2 Å². The number of hydrogen-bond donors (Lipinski definition) is 2. The van der Waals surface area contributed by atoms with Gasteiger partial charge in [0.25, 0.3) is 0 Å². The van der Waals surface area contributed by atoms with Crippen molar-refractivity contribution in [2.24, 2.45) is 0 Å². The number of thiazole rings is 1. The third-order valence-electron chi connectivity index (χ3n) is 2.07. The van der Waals surface area contributed by atoms with Gasteiger partial charge in [0, 0.05) is 5.41 Å². The Morgan fingerprint density at radius 3 is 2.58 bits per heavy atom. The van der Waals surface area contributed by atoms with E-state index >= 15 is 0 Å². The molecule has 19 heavy (non-hydrogen) atoms. The van der Waals surface area contributed by atoms with Gasteiger partial charge in [0.1, 0.15) is 11.5 Å². The summed E-state index contributed by atoms with van der Waals surface area (Å²) in [6, 6.07) is 0. The highest BCUT2D eigenvalue weighted by Crippen LogP contribution is 2.32. The molecular weight excluding hydrogens is 268 g/mol. The number of nitrogens with one attached hydrogen (secondary N) is 1. The Labute approximate surface area is 115 Å². The number of ether oxygens (including phenoxy) is 1. The van der Waals surface area contributed by atoms with Crippen LogP contribution in [0.2, 0.25) is 0 Å². The molecule has 0 radical (unpaired) electrons. The fraction of sp³-hybridized carbons (Fsp3) is 0.417. The average Bonchev–Trinajstić information content (AvgIpc) is 2.70. The number of anilines is 1. The highest BCUT2D eigenvalue weighted by atomic mass is 32.1. The van der Waals surface area contributed by atoms with Gasteiger partial charge in [-0.3, -0.25) is 5.32 Å². The van der Waals surface area contributed by atoms with E-state index in [0.717, 1.165) is 11.3 Å². The standard InChI is InChI=1S/C12H16N2O4S/c1-5-6-18-11(17)14-10-13-8(12(2,3)4)7(19-10)9(15)16/h5H,1,6H2,2-4H3,(H,15,16)(H,13,14,17). The number of carbonyl (C=O) groups is 2. The molecule has 1 amide bonds. The summed E-state index contributed by atoms with van der Waals surface area (Å²) in [5.41, 5.74) is 0.0128. The summed E-state index contributed by atoms with van der Waals surface area (Å²) in [4.78, 5) is 26.8. The van der Waals surface area contributed by atoms with E-state index in [1.807, 2.05) is 20.8 Å². The molecule has 0 aliphatic heterocycles. The number of aromatic nitrogens is 1. The molecule has 6 nitrogen and oxygen atoms in total. The summed E-state index contributed by atoms with van der Waals surface area (Å²) in [7, 11) is 0. The van der Waals surface area contributed by atoms with Crippen LogP contribution in [0.5, 0.6) is 0 Å². The van der Waals surface area contributed by atoms with Gasteiger partial charge in [0.05, 0.1) is 5.69 Å². The van der Waals surface area contributed by atoms with E-state index < -0.39 is 17.5 Å². The Morgan fingerprint density at radius 2 is 2.16 bits per heavy atom. The Morgan fingerprint density at radius 1 is 1.53 bits per heavy atom. The monoisotopic (exact) mass is 284 g/mol. The maximum atomic E-state index is 11.3. The highest BCUT2D eigenvalue weighted by molar-refractivity contribution is 7.17. The number of amides is 1. The van der Waals surface area contributed by atoms with Crippen molar-refractivity contribution in [3.63, 3.8) is 0 Å². The molecule has 0 saturated carbocycles. The van der Waals surface area contributed by atoms with Crippen molar-refractivity contribution >= 4 is 28.5 Å². The Balaban J connectivity index is 2.96. The minimum atomic E-state index is -1.06. The van der Waals surface area contributed by atoms with Crippen LogP contribution in [0.15, 0.2) is 12.7 Å². The number of rotatable bonds is 4. The molecular formula is C12H16N2O4S. The summed E-state index contributed by atoms with van der Waals surface area (Å²) in [6.45, 7) is 9.06. The molecule has 1 aromatic rings. The van der Waals surface area contributed by atoms with E-state index in [0.29, 0.717) is 5.69 Å². The summed E-state index contributed by atoms with van der Waals surface area (Å²) in [5.74, 6) is -1.06. The maximum Gasteiger partial charge on any atom is 0.413 e. The molecule has 0 saturated heterocycles. The lowest BCUT2D eigenvalue weighted by Gasteiger charge is -2.15. The normalized spacial score (nSPS) is 10.9. The summed E-state index contributed by atoms with van der Waals surface area (Å²) < 4.78 is 4.74. The van der Waals surface area contributed by atoms with Crippen molar-refractivity contribution in [2.45, 2.75) is 26.2 Å². The van der Waals surface area contributed by atoms with Gasteiger partial charge in [-0.2, -0.15) is 0 Å². The Bertz CT molecular complexity index is 502. The quantitative estimate of drug-likeness (QED) is 0.830. The minimum absolute atomic E-state index is 0.0785. The molecule has 1 aromatic heterocycles. The van der Waals surface area contributed by atoms with Crippen molar-refractivity contribution in [3.05, 3.63) is 23.2 Å². The number of carboxylic acids is 1. The Kier molecular flexibility index (Phi) is 4.66. The Hall–Kier alpha value is -1.89. The van der Waals surface area contributed by atoms with E-state index in [1.54, 1.807) is 0 Å². The third kappa shape index (κ3) is 4.06. The first-order valence-corrected chi connectivity index (χ1v) is 6.36. The lowest BCUT2D eigenvalue weighted by Crippen LogP contribution is -2.17. The third-order valence-corrected chi connectivity index (χ3v) is 3.03. The molecule has 0 spiro atoms. The van der Waals surface area contributed by atoms with Crippen molar-refractivity contribution in [1.29, 1.82) is 0 Å². The molecule has 1 heterocycles. The number of carboxylic acid groups (broad SMARTS) is 1. The van der Waals surface area contributed by atoms with Crippen LogP contribution in [0.1, 0.15) is 36.1 Å². The summed E-state index contributed by atoms with van der Waals surface area (Å²) >= 11 is 0.908. The molecule has 0 unspecified atom stereocenters. The second-order valence-corrected chi connectivity index (χ2v) is 5.76. The first-order valence-electron chi connectivity index (χ1n) is 5.55. The lowest BCUT2D eigenvalue weighted by molar-refractivity contribution is 0.0699. The second-order valence-electron chi connectivity index (χ2n) is 4.76. The predicted octanol–water partition coefficient (Wildman–Crippen LogP) is 2.87. The van der Waals surface area contributed by atoms with Gasteiger partial charge in [0.15, 0.2) is 5.13 Å². The SMILES string of the molecule is C=CCOC(=O)Nc1nc(C(C)(C)C)c(C(=O)O)s1. The van der Waals surface area contributed by atoms with E-state index in [1.165, 1.54) is 6.08 Å². The number of hydrogen-bond acceptors (Lipinski definition) is 5. The molecule has 0 fully saturated rings. The van der Waals surface area contributed by atoms with Crippen LogP contribution < -0.4 is 5.32 Å². The molecule has 1 rings (SSSR count). The minimum Gasteiger partial charge on any atom is -0.477 e. The summed E-state index contributed by atoms with van der Waals surface area (Å²) in [5, 5.41) is 11.7. The maximum absolute atomic E-state index is 11.3. The molecule has 0 bridgehead atoms. The molecule has 0 aromatic carbocycles. The van der Waals surface area contributed by atoms with Gasteiger partial charge in [-0.25, -0.2) is 14.6 Å². The fourth-order valence-electron chi connectivity index (χ4n) is 1.28. The van der Waals surface area contributed by atoms with E-state index in [2.05, 4.69) is 16.9 Å². The van der Waals surface area contributed by atoms with Crippen LogP contribution in [0.25, 0.3) is 0 Å². The van der Waals surface area contributed by atoms with Gasteiger partial charge in [-0.1, -0.05) is 44.8 Å². The predicted molar refractivity (Wildman–Crippen MR) is 72.9 cm³/mol. The van der Waals surface area contributed by atoms with Gasteiger partial charge < -0.3 is 9.84 Å². The van der Waals surface area contributed by atoms with Crippen LogP contribution >= 0.6 is 11.3 Å². The van der Waals surface area contributed by atoms with Crippen molar-refractivity contribution in [1.82, 2.24) is 4.98 Å². The van der Waals surface area contributed by atoms with E-state index in [4.69, 9.17) is 9.84 Å². The van der Waals surface area contributed by atoms with Crippen molar-refractivity contribution in [2.75, 3.05) is 11.9 Å².